The molecule has 1 aromatic heterocycles. The average molecular weight is 371 g/mol. The molecule has 8 heteroatoms. The number of anilines is 1. The van der Waals surface area contributed by atoms with Gasteiger partial charge < -0.3 is 5.11 Å². The molecule has 110 valence electrons. The number of hydrogen-bond acceptors (Lipinski definition) is 4. The molecule has 0 fully saturated rings. The number of carboxylic acids is 1. The number of nitrogens with one attached hydrogen (secondary N) is 1. The fraction of sp³-hybridized carbons (Fsp3) is 0.0769. The average Bonchev–Trinajstić information content (AvgIpc) is 2.41. The molecule has 0 bridgehead atoms. The van der Waals surface area contributed by atoms with Gasteiger partial charge in [-0.25, -0.2) is 18.2 Å². The molecule has 0 aliphatic rings. The predicted molar refractivity (Wildman–Crippen MR) is 80.9 cm³/mol. The smallest absolute Gasteiger partial charge is 0.335 e. The molecular formula is C13H11BrN2O4S. The highest BCUT2D eigenvalue weighted by molar-refractivity contribution is 9.10. The van der Waals surface area contributed by atoms with E-state index in [1.807, 2.05) is 0 Å². The molecule has 0 aliphatic heterocycles. The Morgan fingerprint density at radius 2 is 2.05 bits per heavy atom. The third kappa shape index (κ3) is 3.40. The molecule has 2 aromatic rings. The molecule has 2 rings (SSSR count). The van der Waals surface area contributed by atoms with Gasteiger partial charge in [0.2, 0.25) is 0 Å². The van der Waals surface area contributed by atoms with Crippen molar-refractivity contribution < 1.29 is 18.3 Å². The Hall–Kier alpha value is -1.93. The highest BCUT2D eigenvalue weighted by atomic mass is 79.9. The Morgan fingerprint density at radius 3 is 2.62 bits per heavy atom. The molecule has 0 unspecified atom stereocenters. The zero-order valence-corrected chi connectivity index (χ0v) is 13.3. The van der Waals surface area contributed by atoms with Crippen LogP contribution in [0.25, 0.3) is 0 Å². The zero-order chi connectivity index (χ0) is 15.6. The first-order valence-corrected chi connectivity index (χ1v) is 8.06. The van der Waals surface area contributed by atoms with E-state index in [0.29, 0.717) is 10.0 Å². The Labute approximate surface area is 130 Å². The van der Waals surface area contributed by atoms with Crippen LogP contribution in [0.5, 0.6) is 0 Å². The van der Waals surface area contributed by atoms with Gasteiger partial charge in [0, 0.05) is 10.7 Å². The maximum Gasteiger partial charge on any atom is 0.335 e. The molecule has 0 amide bonds. The summed E-state index contributed by atoms with van der Waals surface area (Å²) in [5, 5.41) is 9.03. The number of hydrogen-bond donors (Lipinski definition) is 2. The predicted octanol–water partition coefficient (Wildman–Crippen LogP) is 2.65. The Bertz CT molecular complexity index is 791. The third-order valence-corrected chi connectivity index (χ3v) is 5.04. The number of aromatic nitrogens is 1. The lowest BCUT2D eigenvalue weighted by molar-refractivity contribution is 0.0696. The second kappa shape index (κ2) is 5.82. The monoisotopic (exact) mass is 370 g/mol. The van der Waals surface area contributed by atoms with E-state index in [1.165, 1.54) is 18.3 Å². The molecule has 0 atom stereocenters. The van der Waals surface area contributed by atoms with Crippen LogP contribution in [0, 0.1) is 6.92 Å². The number of carboxylic acid groups (broad SMARTS) is 1. The number of aromatic carboxylic acids is 1. The Balaban J connectivity index is 2.52. The van der Waals surface area contributed by atoms with Crippen LogP contribution >= 0.6 is 15.9 Å². The summed E-state index contributed by atoms with van der Waals surface area (Å²) >= 11 is 3.17. The topological polar surface area (TPSA) is 96.4 Å². The number of carbonyl (C=O) groups is 1. The summed E-state index contributed by atoms with van der Waals surface area (Å²) in [6.07, 6.45) is 1.45. The van der Waals surface area contributed by atoms with E-state index in [-0.39, 0.29) is 16.3 Å². The number of benzene rings is 1. The Kier molecular flexibility index (Phi) is 4.29. The van der Waals surface area contributed by atoms with Crippen molar-refractivity contribution in [2.75, 3.05) is 4.72 Å². The lowest BCUT2D eigenvalue weighted by atomic mass is 10.1. The molecule has 2 N–H and O–H groups in total. The highest BCUT2D eigenvalue weighted by Crippen LogP contribution is 2.27. The molecule has 0 aliphatic carbocycles. The fourth-order valence-corrected chi connectivity index (χ4v) is 3.56. The summed E-state index contributed by atoms with van der Waals surface area (Å²) in [6.45, 7) is 1.59. The molecule has 1 heterocycles. The lowest BCUT2D eigenvalue weighted by Gasteiger charge is -2.12. The fourth-order valence-electron chi connectivity index (χ4n) is 1.67. The SMILES string of the molecule is Cc1c(Br)cc(C(=O)O)cc1S(=O)(=O)Nc1ccccn1. The van der Waals surface area contributed by atoms with Gasteiger partial charge in [-0.1, -0.05) is 22.0 Å². The molecule has 0 saturated carbocycles. The maximum atomic E-state index is 12.4. The molecular weight excluding hydrogens is 360 g/mol. The van der Waals surface area contributed by atoms with Gasteiger partial charge in [0.25, 0.3) is 10.0 Å². The van der Waals surface area contributed by atoms with Crippen LogP contribution in [-0.4, -0.2) is 24.5 Å². The van der Waals surface area contributed by atoms with E-state index in [0.717, 1.165) is 6.07 Å². The minimum atomic E-state index is -3.93. The maximum absolute atomic E-state index is 12.4. The first-order valence-electron chi connectivity index (χ1n) is 5.78. The van der Waals surface area contributed by atoms with Gasteiger partial charge in [-0.3, -0.25) is 4.72 Å². The minimum absolute atomic E-state index is 0.111. The summed E-state index contributed by atoms with van der Waals surface area (Å²) < 4.78 is 27.5. The summed E-state index contributed by atoms with van der Waals surface area (Å²) in [6, 6.07) is 7.28. The van der Waals surface area contributed by atoms with Crippen LogP contribution in [-0.2, 0) is 10.0 Å². The largest absolute Gasteiger partial charge is 0.478 e. The van der Waals surface area contributed by atoms with Crippen molar-refractivity contribution >= 4 is 37.7 Å². The molecule has 0 spiro atoms. The summed E-state index contributed by atoms with van der Waals surface area (Å²) in [5.74, 6) is -1.04. The molecule has 1 aromatic carbocycles. The quantitative estimate of drug-likeness (QED) is 0.862. The van der Waals surface area contributed by atoms with Crippen LogP contribution in [0.2, 0.25) is 0 Å². The van der Waals surface area contributed by atoms with Crippen molar-refractivity contribution in [1.29, 1.82) is 0 Å². The first-order chi connectivity index (χ1) is 9.81. The van der Waals surface area contributed by atoms with Crippen molar-refractivity contribution in [3.63, 3.8) is 0 Å². The van der Waals surface area contributed by atoms with Gasteiger partial charge in [0.1, 0.15) is 5.82 Å². The first kappa shape index (κ1) is 15.5. The summed E-state index contributed by atoms with van der Waals surface area (Å²) in [5.41, 5.74) is 0.303. The van der Waals surface area contributed by atoms with Crippen LogP contribution in [0.15, 0.2) is 45.9 Å². The van der Waals surface area contributed by atoms with Gasteiger partial charge >= 0.3 is 5.97 Å². The van der Waals surface area contributed by atoms with Crippen LogP contribution in [0.4, 0.5) is 5.82 Å². The number of pyridine rings is 1. The van der Waals surface area contributed by atoms with E-state index in [4.69, 9.17) is 5.11 Å². The third-order valence-electron chi connectivity index (χ3n) is 2.74. The van der Waals surface area contributed by atoms with Crippen LogP contribution < -0.4 is 4.72 Å². The number of nitrogens with zero attached hydrogens (tertiary/aromatic N) is 1. The lowest BCUT2D eigenvalue weighted by Crippen LogP contribution is -2.16. The van der Waals surface area contributed by atoms with E-state index in [9.17, 15) is 13.2 Å². The normalized spacial score (nSPS) is 11.1. The second-order valence-electron chi connectivity index (χ2n) is 4.21. The number of sulfonamides is 1. The van der Waals surface area contributed by atoms with Crippen molar-refractivity contribution in [3.8, 4) is 0 Å². The molecule has 0 saturated heterocycles. The van der Waals surface area contributed by atoms with Crippen molar-refractivity contribution in [2.24, 2.45) is 0 Å². The minimum Gasteiger partial charge on any atom is -0.478 e. The Morgan fingerprint density at radius 1 is 1.33 bits per heavy atom. The van der Waals surface area contributed by atoms with Crippen molar-refractivity contribution in [3.05, 3.63) is 52.1 Å². The number of halogens is 1. The highest BCUT2D eigenvalue weighted by Gasteiger charge is 2.21. The molecule has 6 nitrogen and oxygen atoms in total. The van der Waals surface area contributed by atoms with E-state index < -0.39 is 16.0 Å². The number of rotatable bonds is 4. The van der Waals surface area contributed by atoms with Crippen molar-refractivity contribution in [2.45, 2.75) is 11.8 Å². The van der Waals surface area contributed by atoms with E-state index in [1.54, 1.807) is 19.1 Å². The standard InChI is InChI=1S/C13H11BrN2O4S/c1-8-10(14)6-9(13(17)18)7-11(8)21(19,20)16-12-4-2-3-5-15-12/h2-7H,1H3,(H,15,16)(H,17,18). The summed E-state index contributed by atoms with van der Waals surface area (Å²) in [7, 11) is -3.93. The van der Waals surface area contributed by atoms with E-state index in [2.05, 4.69) is 25.6 Å². The van der Waals surface area contributed by atoms with Gasteiger partial charge in [-0.2, -0.15) is 0 Å². The van der Waals surface area contributed by atoms with Crippen LogP contribution in [0.3, 0.4) is 0 Å². The van der Waals surface area contributed by atoms with Crippen LogP contribution in [0.1, 0.15) is 15.9 Å². The van der Waals surface area contributed by atoms with Crippen molar-refractivity contribution in [1.82, 2.24) is 4.98 Å². The van der Waals surface area contributed by atoms with Gasteiger partial charge in [-0.05, 0) is 36.8 Å². The van der Waals surface area contributed by atoms with Gasteiger partial charge in [0.15, 0.2) is 0 Å². The summed E-state index contributed by atoms with van der Waals surface area (Å²) in [4.78, 5) is 14.8. The second-order valence-corrected chi connectivity index (χ2v) is 6.71. The molecule has 0 radical (unpaired) electrons. The molecule has 21 heavy (non-hydrogen) atoms. The van der Waals surface area contributed by atoms with Gasteiger partial charge in [0.05, 0.1) is 10.5 Å². The van der Waals surface area contributed by atoms with E-state index >= 15 is 0 Å². The zero-order valence-electron chi connectivity index (χ0n) is 10.9. The van der Waals surface area contributed by atoms with Gasteiger partial charge in [-0.15, -0.1) is 0 Å².